The largest absolute Gasteiger partial charge is 0.316 e. The van der Waals surface area contributed by atoms with Gasteiger partial charge in [0, 0.05) is 0 Å². The van der Waals surface area contributed by atoms with E-state index in [-0.39, 0.29) is 12.4 Å². The topological polar surface area (TPSA) is 12.0 Å². The molecule has 15 heavy (non-hydrogen) atoms. The fourth-order valence-electron chi connectivity index (χ4n) is 2.37. The molecular formula is C13H28ClN. The predicted octanol–water partition coefficient (Wildman–Crippen LogP) is 4.16. The van der Waals surface area contributed by atoms with Gasteiger partial charge in [0.1, 0.15) is 0 Å². The Kier molecular flexibility index (Phi) is 10.9. The average molecular weight is 234 g/mol. The van der Waals surface area contributed by atoms with Crippen LogP contribution in [-0.4, -0.2) is 13.1 Å². The maximum absolute atomic E-state index is 3.61. The van der Waals surface area contributed by atoms with Crippen LogP contribution in [0, 0.1) is 5.92 Å². The van der Waals surface area contributed by atoms with Crippen LogP contribution in [-0.2, 0) is 0 Å². The van der Waals surface area contributed by atoms with E-state index < -0.39 is 0 Å². The molecule has 0 aromatic heterocycles. The number of hydrogen-bond donors (Lipinski definition) is 1. The van der Waals surface area contributed by atoms with E-state index in [1.807, 2.05) is 0 Å². The molecule has 1 aliphatic carbocycles. The molecule has 0 unspecified atom stereocenters. The first-order valence-corrected chi connectivity index (χ1v) is 6.64. The van der Waals surface area contributed by atoms with Crippen molar-refractivity contribution in [1.29, 1.82) is 0 Å². The van der Waals surface area contributed by atoms with Crippen molar-refractivity contribution < 1.29 is 0 Å². The van der Waals surface area contributed by atoms with Crippen molar-refractivity contribution in [2.45, 2.75) is 64.7 Å². The van der Waals surface area contributed by atoms with Crippen LogP contribution >= 0.6 is 12.4 Å². The lowest BCUT2D eigenvalue weighted by molar-refractivity contribution is 0.341. The summed E-state index contributed by atoms with van der Waals surface area (Å²) in [6, 6.07) is 0. The molecule has 0 atom stereocenters. The summed E-state index contributed by atoms with van der Waals surface area (Å²) in [6.07, 6.45) is 12.9. The zero-order valence-corrected chi connectivity index (χ0v) is 11.1. The van der Waals surface area contributed by atoms with Crippen molar-refractivity contribution in [3.63, 3.8) is 0 Å². The van der Waals surface area contributed by atoms with Crippen molar-refractivity contribution in [2.24, 2.45) is 5.92 Å². The van der Waals surface area contributed by atoms with E-state index in [1.54, 1.807) is 0 Å². The molecule has 0 radical (unpaired) electrons. The van der Waals surface area contributed by atoms with E-state index in [9.17, 15) is 0 Å². The van der Waals surface area contributed by atoms with Crippen LogP contribution in [0.3, 0.4) is 0 Å². The average Bonchev–Trinajstić information content (AvgIpc) is 2.25. The third-order valence-electron chi connectivity index (χ3n) is 3.36. The first-order valence-electron chi connectivity index (χ1n) is 6.64. The van der Waals surface area contributed by atoms with Gasteiger partial charge >= 0.3 is 0 Å². The lowest BCUT2D eigenvalue weighted by Crippen LogP contribution is -2.25. The van der Waals surface area contributed by atoms with Crippen LogP contribution < -0.4 is 5.32 Å². The van der Waals surface area contributed by atoms with E-state index in [0.717, 1.165) is 5.92 Å². The number of rotatable bonds is 7. The molecule has 0 spiro atoms. The van der Waals surface area contributed by atoms with Gasteiger partial charge in [-0.25, -0.2) is 0 Å². The van der Waals surface area contributed by atoms with E-state index in [1.165, 1.54) is 70.9 Å². The summed E-state index contributed by atoms with van der Waals surface area (Å²) in [5.74, 6) is 0.995. The van der Waals surface area contributed by atoms with E-state index >= 15 is 0 Å². The molecule has 1 N–H and O–H groups in total. The summed E-state index contributed by atoms with van der Waals surface area (Å²) in [6.45, 7) is 4.80. The Labute approximate surface area is 102 Å². The number of hydrogen-bond acceptors (Lipinski definition) is 1. The molecule has 1 rings (SSSR count). The van der Waals surface area contributed by atoms with Gasteiger partial charge in [0.2, 0.25) is 0 Å². The second kappa shape index (κ2) is 10.8. The van der Waals surface area contributed by atoms with Gasteiger partial charge in [-0.2, -0.15) is 0 Å². The Bertz CT molecular complexity index is 122. The standard InChI is InChI=1S/C13H27N.ClH/c1-2-3-4-8-11-14-12-13-9-6-5-7-10-13;/h13-14H,2-12H2,1H3;1H. The minimum Gasteiger partial charge on any atom is -0.316 e. The molecule has 0 saturated heterocycles. The first kappa shape index (κ1) is 15.2. The van der Waals surface area contributed by atoms with Gasteiger partial charge in [-0.3, -0.25) is 0 Å². The SMILES string of the molecule is CCCCCCNCC1CCCCC1.Cl. The third kappa shape index (κ3) is 8.10. The fourth-order valence-corrected chi connectivity index (χ4v) is 2.37. The third-order valence-corrected chi connectivity index (χ3v) is 3.36. The maximum Gasteiger partial charge on any atom is -0.00205 e. The van der Waals surface area contributed by atoms with Crippen LogP contribution in [0.1, 0.15) is 64.7 Å². The van der Waals surface area contributed by atoms with Gasteiger partial charge in [0.05, 0.1) is 0 Å². The van der Waals surface area contributed by atoms with Crippen molar-refractivity contribution in [2.75, 3.05) is 13.1 Å². The summed E-state index contributed by atoms with van der Waals surface area (Å²) >= 11 is 0. The Balaban J connectivity index is 0.00000196. The normalized spacial score (nSPS) is 17.4. The van der Waals surface area contributed by atoms with Crippen molar-refractivity contribution in [3.05, 3.63) is 0 Å². The van der Waals surface area contributed by atoms with Crippen LogP contribution in [0.2, 0.25) is 0 Å². The van der Waals surface area contributed by atoms with Crippen molar-refractivity contribution in [1.82, 2.24) is 5.32 Å². The molecule has 1 aliphatic rings. The highest BCUT2D eigenvalue weighted by Crippen LogP contribution is 2.22. The molecule has 2 heteroatoms. The summed E-state index contributed by atoms with van der Waals surface area (Å²) in [7, 11) is 0. The van der Waals surface area contributed by atoms with Gasteiger partial charge in [0.15, 0.2) is 0 Å². The molecule has 0 aromatic carbocycles. The molecule has 0 heterocycles. The fraction of sp³-hybridized carbons (Fsp3) is 1.00. The Hall–Kier alpha value is 0.250. The van der Waals surface area contributed by atoms with Crippen molar-refractivity contribution in [3.8, 4) is 0 Å². The van der Waals surface area contributed by atoms with Crippen LogP contribution in [0.5, 0.6) is 0 Å². The Morgan fingerprint density at radius 2 is 1.73 bits per heavy atom. The van der Waals surface area contributed by atoms with Gasteiger partial charge in [-0.15, -0.1) is 12.4 Å². The monoisotopic (exact) mass is 233 g/mol. The molecule has 0 aliphatic heterocycles. The lowest BCUT2D eigenvalue weighted by atomic mass is 9.89. The first-order chi connectivity index (χ1) is 6.93. The highest BCUT2D eigenvalue weighted by Gasteiger charge is 2.11. The molecule has 1 nitrogen and oxygen atoms in total. The minimum absolute atomic E-state index is 0. The highest BCUT2D eigenvalue weighted by atomic mass is 35.5. The van der Waals surface area contributed by atoms with Gasteiger partial charge in [-0.05, 0) is 38.3 Å². The van der Waals surface area contributed by atoms with E-state index in [4.69, 9.17) is 0 Å². The van der Waals surface area contributed by atoms with Crippen LogP contribution in [0.15, 0.2) is 0 Å². The van der Waals surface area contributed by atoms with Crippen LogP contribution in [0.25, 0.3) is 0 Å². The van der Waals surface area contributed by atoms with Gasteiger partial charge < -0.3 is 5.32 Å². The number of nitrogens with one attached hydrogen (secondary N) is 1. The molecule has 0 bridgehead atoms. The summed E-state index contributed by atoms with van der Waals surface area (Å²) in [4.78, 5) is 0. The summed E-state index contributed by atoms with van der Waals surface area (Å²) < 4.78 is 0. The highest BCUT2D eigenvalue weighted by molar-refractivity contribution is 5.85. The molecule has 92 valence electrons. The van der Waals surface area contributed by atoms with Gasteiger partial charge in [0.25, 0.3) is 0 Å². The predicted molar refractivity (Wildman–Crippen MR) is 70.8 cm³/mol. The Morgan fingerprint density at radius 3 is 2.40 bits per heavy atom. The van der Waals surface area contributed by atoms with E-state index in [0.29, 0.717) is 0 Å². The molecule has 0 amide bonds. The van der Waals surface area contributed by atoms with E-state index in [2.05, 4.69) is 12.2 Å². The van der Waals surface area contributed by atoms with Gasteiger partial charge in [-0.1, -0.05) is 45.4 Å². The summed E-state index contributed by atoms with van der Waals surface area (Å²) in [5, 5.41) is 3.61. The minimum atomic E-state index is 0. The Morgan fingerprint density at radius 1 is 1.00 bits per heavy atom. The number of halogens is 1. The second-order valence-corrected chi connectivity index (χ2v) is 4.77. The smallest absolute Gasteiger partial charge is 0.00205 e. The zero-order chi connectivity index (χ0) is 10.1. The second-order valence-electron chi connectivity index (χ2n) is 4.77. The number of unbranched alkanes of at least 4 members (excludes halogenated alkanes) is 3. The zero-order valence-electron chi connectivity index (χ0n) is 10.3. The van der Waals surface area contributed by atoms with Crippen molar-refractivity contribution >= 4 is 12.4 Å². The summed E-state index contributed by atoms with van der Waals surface area (Å²) in [5.41, 5.74) is 0. The quantitative estimate of drug-likeness (QED) is 0.652. The molecule has 0 aromatic rings. The lowest BCUT2D eigenvalue weighted by Gasteiger charge is -2.21. The molecule has 1 fully saturated rings. The molecular weight excluding hydrogens is 206 g/mol. The van der Waals surface area contributed by atoms with Crippen LogP contribution in [0.4, 0.5) is 0 Å². The maximum atomic E-state index is 3.61. The molecule has 1 saturated carbocycles.